The summed E-state index contributed by atoms with van der Waals surface area (Å²) >= 11 is 0. The number of piperidine rings is 1. The van der Waals surface area contributed by atoms with E-state index in [1.54, 1.807) is 35.2 Å². The molecule has 2 aromatic rings. The third kappa shape index (κ3) is 4.22. The van der Waals surface area contributed by atoms with Crippen LogP contribution in [0.4, 0.5) is 5.69 Å². The van der Waals surface area contributed by atoms with Crippen LogP contribution in [-0.2, 0) is 10.0 Å². The molecule has 1 saturated heterocycles. The molecule has 29 heavy (non-hydrogen) atoms. The van der Waals surface area contributed by atoms with Crippen molar-refractivity contribution >= 4 is 21.6 Å². The van der Waals surface area contributed by atoms with E-state index in [9.17, 15) is 13.2 Å². The van der Waals surface area contributed by atoms with Gasteiger partial charge in [0.15, 0.2) is 11.5 Å². The summed E-state index contributed by atoms with van der Waals surface area (Å²) in [5.74, 6) is 0.877. The van der Waals surface area contributed by atoms with Crippen molar-refractivity contribution in [2.45, 2.75) is 17.7 Å². The van der Waals surface area contributed by atoms with E-state index in [0.717, 1.165) is 18.4 Å². The number of benzene rings is 2. The number of hydrogen-bond acceptors (Lipinski definition) is 5. The van der Waals surface area contributed by atoms with E-state index in [-0.39, 0.29) is 10.8 Å². The number of likely N-dealkylation sites (tertiary alicyclic amines) is 1. The zero-order chi connectivity index (χ0) is 20.4. The van der Waals surface area contributed by atoms with Crippen LogP contribution in [0.5, 0.6) is 11.5 Å². The highest BCUT2D eigenvalue weighted by Gasteiger charge is 2.21. The van der Waals surface area contributed by atoms with E-state index in [1.807, 2.05) is 0 Å². The fraction of sp³-hybridized carbons (Fsp3) is 0.286. The number of amides is 1. The molecular formula is C21H22N2O5S. The predicted molar refractivity (Wildman–Crippen MR) is 109 cm³/mol. The summed E-state index contributed by atoms with van der Waals surface area (Å²) in [7, 11) is -3.80. The number of ether oxygens (including phenoxy) is 2. The molecule has 0 atom stereocenters. The maximum Gasteiger partial charge on any atom is 0.262 e. The van der Waals surface area contributed by atoms with Crippen molar-refractivity contribution in [3.8, 4) is 11.5 Å². The van der Waals surface area contributed by atoms with Crippen LogP contribution in [0.25, 0.3) is 0 Å². The Balaban J connectivity index is 1.46. The van der Waals surface area contributed by atoms with Crippen LogP contribution in [0.15, 0.2) is 59.5 Å². The molecule has 0 spiro atoms. The zero-order valence-corrected chi connectivity index (χ0v) is 16.7. The Kier molecular flexibility index (Phi) is 5.19. The minimum Gasteiger partial charge on any atom is -0.486 e. The van der Waals surface area contributed by atoms with E-state index in [1.165, 1.54) is 12.1 Å². The van der Waals surface area contributed by atoms with Crippen LogP contribution >= 0.6 is 0 Å². The second kappa shape index (κ2) is 7.79. The van der Waals surface area contributed by atoms with Crippen molar-refractivity contribution in [3.05, 3.63) is 60.2 Å². The monoisotopic (exact) mass is 414 g/mol. The summed E-state index contributed by atoms with van der Waals surface area (Å²) in [6, 6.07) is 10.9. The van der Waals surface area contributed by atoms with Gasteiger partial charge in [0.1, 0.15) is 13.2 Å². The third-order valence-corrected chi connectivity index (χ3v) is 6.34. The standard InChI is InChI=1S/C21H22N2O5S/c1-15-8-10-23(11-9-15)21(24)16-2-4-17(5-3-16)22-29(25,26)18-6-7-19-20(14-18)28-13-12-27-19/h2-7,14,22H,1,8-13H2. The lowest BCUT2D eigenvalue weighted by Gasteiger charge is -2.28. The molecule has 0 bridgehead atoms. The fourth-order valence-corrected chi connectivity index (χ4v) is 4.37. The van der Waals surface area contributed by atoms with Gasteiger partial charge in [-0.3, -0.25) is 9.52 Å². The summed E-state index contributed by atoms with van der Waals surface area (Å²) in [5.41, 5.74) is 2.07. The zero-order valence-electron chi connectivity index (χ0n) is 15.9. The van der Waals surface area contributed by atoms with Gasteiger partial charge in [-0.15, -0.1) is 0 Å². The highest BCUT2D eigenvalue weighted by molar-refractivity contribution is 7.92. The van der Waals surface area contributed by atoms with Gasteiger partial charge in [0, 0.05) is 30.4 Å². The lowest BCUT2D eigenvalue weighted by atomic mass is 10.0. The lowest BCUT2D eigenvalue weighted by Crippen LogP contribution is -2.36. The second-order valence-electron chi connectivity index (χ2n) is 7.03. The summed E-state index contributed by atoms with van der Waals surface area (Å²) in [5, 5.41) is 0. The molecule has 1 amide bonds. The molecule has 7 nitrogen and oxygen atoms in total. The first-order chi connectivity index (χ1) is 13.9. The Morgan fingerprint density at radius 3 is 2.31 bits per heavy atom. The molecule has 2 aliphatic heterocycles. The lowest BCUT2D eigenvalue weighted by molar-refractivity contribution is 0.0744. The maximum absolute atomic E-state index is 12.7. The van der Waals surface area contributed by atoms with Crippen molar-refractivity contribution in [2.75, 3.05) is 31.0 Å². The quantitative estimate of drug-likeness (QED) is 0.778. The van der Waals surface area contributed by atoms with E-state index in [2.05, 4.69) is 11.3 Å². The van der Waals surface area contributed by atoms with Gasteiger partial charge in [-0.1, -0.05) is 12.2 Å². The van der Waals surface area contributed by atoms with Crippen molar-refractivity contribution in [3.63, 3.8) is 0 Å². The van der Waals surface area contributed by atoms with Gasteiger partial charge in [0.25, 0.3) is 15.9 Å². The molecule has 4 rings (SSSR count). The van der Waals surface area contributed by atoms with Gasteiger partial charge in [0.05, 0.1) is 4.90 Å². The first-order valence-corrected chi connectivity index (χ1v) is 10.9. The molecule has 2 heterocycles. The molecule has 152 valence electrons. The number of rotatable bonds is 4. The number of nitrogens with one attached hydrogen (secondary N) is 1. The second-order valence-corrected chi connectivity index (χ2v) is 8.71. The number of nitrogens with zero attached hydrogens (tertiary/aromatic N) is 1. The first kappa shape index (κ1) is 19.3. The van der Waals surface area contributed by atoms with Crippen LogP contribution in [0.2, 0.25) is 0 Å². The molecule has 2 aromatic carbocycles. The van der Waals surface area contributed by atoms with Crippen LogP contribution in [0.1, 0.15) is 23.2 Å². The van der Waals surface area contributed by atoms with Crippen LogP contribution in [0, 0.1) is 0 Å². The Labute approximate surface area is 170 Å². The van der Waals surface area contributed by atoms with Crippen molar-refractivity contribution in [1.29, 1.82) is 0 Å². The Hall–Kier alpha value is -3.00. The van der Waals surface area contributed by atoms with Crippen LogP contribution in [-0.4, -0.2) is 45.5 Å². The van der Waals surface area contributed by atoms with Gasteiger partial charge in [-0.05, 0) is 49.2 Å². The molecule has 1 fully saturated rings. The highest BCUT2D eigenvalue weighted by atomic mass is 32.2. The van der Waals surface area contributed by atoms with Crippen molar-refractivity contribution < 1.29 is 22.7 Å². The van der Waals surface area contributed by atoms with Gasteiger partial charge < -0.3 is 14.4 Å². The van der Waals surface area contributed by atoms with Gasteiger partial charge in [0.2, 0.25) is 0 Å². The summed E-state index contributed by atoms with van der Waals surface area (Å²) < 4.78 is 38.8. The molecule has 0 aliphatic carbocycles. The van der Waals surface area contributed by atoms with E-state index in [4.69, 9.17) is 9.47 Å². The Morgan fingerprint density at radius 2 is 1.62 bits per heavy atom. The molecule has 2 aliphatic rings. The summed E-state index contributed by atoms with van der Waals surface area (Å²) in [4.78, 5) is 14.5. The summed E-state index contributed by atoms with van der Waals surface area (Å²) in [6.45, 7) is 6.10. The number of hydrogen-bond donors (Lipinski definition) is 1. The van der Waals surface area contributed by atoms with Crippen LogP contribution < -0.4 is 14.2 Å². The van der Waals surface area contributed by atoms with E-state index in [0.29, 0.717) is 49.1 Å². The largest absolute Gasteiger partial charge is 0.486 e. The molecule has 0 aromatic heterocycles. The average Bonchev–Trinajstić information content (AvgIpc) is 2.74. The molecular weight excluding hydrogens is 392 g/mol. The fourth-order valence-electron chi connectivity index (χ4n) is 3.29. The maximum atomic E-state index is 12.7. The predicted octanol–water partition coefficient (Wildman–Crippen LogP) is 3.05. The number of carbonyl (C=O) groups is 1. The van der Waals surface area contributed by atoms with E-state index < -0.39 is 10.0 Å². The molecule has 0 unspecified atom stereocenters. The Morgan fingerprint density at radius 1 is 0.966 bits per heavy atom. The minimum atomic E-state index is -3.80. The smallest absolute Gasteiger partial charge is 0.262 e. The molecule has 8 heteroatoms. The highest BCUT2D eigenvalue weighted by Crippen LogP contribution is 2.32. The average molecular weight is 414 g/mol. The number of sulfonamides is 1. The first-order valence-electron chi connectivity index (χ1n) is 9.41. The number of fused-ring (bicyclic) bond motifs is 1. The SMILES string of the molecule is C=C1CCN(C(=O)c2ccc(NS(=O)(=O)c3ccc4c(c3)OCCO4)cc2)CC1. The van der Waals surface area contributed by atoms with Gasteiger partial charge >= 0.3 is 0 Å². The van der Waals surface area contributed by atoms with Gasteiger partial charge in [-0.2, -0.15) is 0 Å². The van der Waals surface area contributed by atoms with Crippen molar-refractivity contribution in [1.82, 2.24) is 4.90 Å². The van der Waals surface area contributed by atoms with Crippen molar-refractivity contribution in [2.24, 2.45) is 0 Å². The molecule has 1 N–H and O–H groups in total. The third-order valence-electron chi connectivity index (χ3n) is 4.97. The van der Waals surface area contributed by atoms with E-state index >= 15 is 0 Å². The van der Waals surface area contributed by atoms with Crippen LogP contribution in [0.3, 0.4) is 0 Å². The Bertz CT molecular complexity index is 1040. The number of carbonyl (C=O) groups excluding carboxylic acids is 1. The topological polar surface area (TPSA) is 84.9 Å². The number of anilines is 1. The molecule has 0 radical (unpaired) electrons. The van der Waals surface area contributed by atoms with Gasteiger partial charge in [-0.25, -0.2) is 8.42 Å². The molecule has 0 saturated carbocycles. The normalized spacial score (nSPS) is 16.4. The summed E-state index contributed by atoms with van der Waals surface area (Å²) in [6.07, 6.45) is 1.64. The minimum absolute atomic E-state index is 0.0567.